The molecule has 0 radical (unpaired) electrons. The molecule has 6 aliphatic rings. The Labute approximate surface area is 456 Å². The molecule has 0 unspecified atom stereocenters. The van der Waals surface area contributed by atoms with Gasteiger partial charge >= 0.3 is 0 Å². The molecular weight excluding hydrogens is 956 g/mol. The molecule has 20 rings (SSSR count). The van der Waals surface area contributed by atoms with Crippen LogP contribution in [0.2, 0.25) is 0 Å². The van der Waals surface area contributed by atoms with Crippen LogP contribution in [0.1, 0.15) is 49.9 Å². The van der Waals surface area contributed by atoms with E-state index in [4.69, 9.17) is 0 Å². The molecule has 11 aromatic carbocycles. The van der Waals surface area contributed by atoms with Crippen LogP contribution in [-0.4, -0.2) is 27.1 Å². The van der Waals surface area contributed by atoms with Gasteiger partial charge in [0.15, 0.2) is 0 Å². The van der Waals surface area contributed by atoms with Crippen LogP contribution in [0.3, 0.4) is 0 Å². The van der Waals surface area contributed by atoms with Gasteiger partial charge in [0.25, 0.3) is 13.4 Å². The van der Waals surface area contributed by atoms with Crippen molar-refractivity contribution in [3.63, 3.8) is 0 Å². The van der Waals surface area contributed by atoms with Gasteiger partial charge in [-0.1, -0.05) is 173 Å². The Balaban J connectivity index is 0.987. The van der Waals surface area contributed by atoms with Gasteiger partial charge in [-0.3, -0.25) is 0 Å². The Morgan fingerprint density at radius 2 is 0.646 bits per heavy atom. The fourth-order valence-electron chi connectivity index (χ4n) is 17.0. The molecule has 366 valence electrons. The zero-order chi connectivity index (χ0) is 51.7. The molecule has 7 heteroatoms. The van der Waals surface area contributed by atoms with Crippen LogP contribution in [0.15, 0.2) is 212 Å². The third-order valence-corrected chi connectivity index (χ3v) is 20.1. The molecule has 0 N–H and O–H groups in total. The lowest BCUT2D eigenvalue weighted by Gasteiger charge is -2.43. The second-order valence-corrected chi connectivity index (χ2v) is 24.3. The Hall–Kier alpha value is -9.45. The van der Waals surface area contributed by atoms with Gasteiger partial charge in [-0.15, -0.1) is 0 Å². The summed E-state index contributed by atoms with van der Waals surface area (Å²) in [4.78, 5) is 5.18. The van der Waals surface area contributed by atoms with Gasteiger partial charge in [-0.05, 0) is 122 Å². The standard InChI is InChI=1S/C72H47B2N5/c1-71(2)48-23-7-13-31-58(48)75(59-32-14-8-24-49(59)71)40-35-46-43-20-6-12-30-57(43)78-63-39-62-64-70-65(63)74(54(37-40)68(46)78)55-38-41(76-60-33-15-9-25-50(60)72(3,4)51-26-10-16-34-61(51)76)36-47-45-22-18-28-53(67(45)79(70)69(47)55)73(64)52-27-17-21-44-42-19-5-11-29-56(42)77(62)66(44)52/h5-39H,1-4H3. The molecule has 9 heterocycles. The summed E-state index contributed by atoms with van der Waals surface area (Å²) in [6.07, 6.45) is 0. The predicted octanol–water partition coefficient (Wildman–Crippen LogP) is 13.5. The summed E-state index contributed by atoms with van der Waals surface area (Å²) >= 11 is 0. The lowest BCUT2D eigenvalue weighted by Crippen LogP contribution is -2.66. The predicted molar refractivity (Wildman–Crippen MR) is 332 cm³/mol. The van der Waals surface area contributed by atoms with Crippen LogP contribution in [0.25, 0.3) is 82.5 Å². The third kappa shape index (κ3) is 4.61. The molecule has 6 aliphatic heterocycles. The van der Waals surface area contributed by atoms with E-state index in [1.165, 1.54) is 172 Å². The van der Waals surface area contributed by atoms with Gasteiger partial charge < -0.3 is 23.5 Å². The molecule has 0 atom stereocenters. The van der Waals surface area contributed by atoms with E-state index in [0.717, 1.165) is 0 Å². The first-order chi connectivity index (χ1) is 38.8. The fourth-order valence-corrected chi connectivity index (χ4v) is 17.0. The molecule has 0 saturated heterocycles. The van der Waals surface area contributed by atoms with Crippen molar-refractivity contribution in [2.75, 3.05) is 9.80 Å². The van der Waals surface area contributed by atoms with Gasteiger partial charge in [-0.2, -0.15) is 0 Å². The second-order valence-electron chi connectivity index (χ2n) is 24.3. The third-order valence-electron chi connectivity index (χ3n) is 20.1. The van der Waals surface area contributed by atoms with Crippen molar-refractivity contribution in [3.8, 4) is 17.1 Å². The number of para-hydroxylation sites is 8. The topological polar surface area (TPSA) is 21.3 Å². The smallest absolute Gasteiger partial charge is 0.252 e. The summed E-state index contributed by atoms with van der Waals surface area (Å²) in [6.45, 7) is 9.49. The van der Waals surface area contributed by atoms with Crippen LogP contribution in [0.4, 0.5) is 34.1 Å². The van der Waals surface area contributed by atoms with Crippen LogP contribution >= 0.6 is 0 Å². The number of aromatic nitrogens is 3. The quantitative estimate of drug-likeness (QED) is 0.161. The number of rotatable bonds is 2. The highest BCUT2D eigenvalue weighted by Gasteiger charge is 2.50. The first-order valence-corrected chi connectivity index (χ1v) is 28.2. The normalized spacial score (nSPS) is 15.7. The van der Waals surface area contributed by atoms with Gasteiger partial charge in [0, 0.05) is 93.7 Å². The first-order valence-electron chi connectivity index (χ1n) is 28.2. The maximum Gasteiger partial charge on any atom is 0.252 e. The Morgan fingerprint density at radius 1 is 0.291 bits per heavy atom. The van der Waals surface area contributed by atoms with E-state index < -0.39 is 0 Å². The molecule has 0 spiro atoms. The summed E-state index contributed by atoms with van der Waals surface area (Å²) in [5.74, 6) is 0. The largest absolute Gasteiger partial charge is 0.311 e. The van der Waals surface area contributed by atoms with Crippen molar-refractivity contribution in [2.24, 2.45) is 0 Å². The van der Waals surface area contributed by atoms with Crippen LogP contribution in [-0.2, 0) is 10.8 Å². The van der Waals surface area contributed by atoms with Crippen molar-refractivity contribution in [3.05, 3.63) is 235 Å². The second kappa shape index (κ2) is 13.6. The molecule has 14 aromatic rings. The van der Waals surface area contributed by atoms with E-state index in [0.29, 0.717) is 0 Å². The number of nitrogens with zero attached hydrogens (tertiary/aromatic N) is 5. The lowest BCUT2D eigenvalue weighted by atomic mass is 9.30. The van der Waals surface area contributed by atoms with Crippen molar-refractivity contribution >= 4 is 146 Å². The molecule has 0 aliphatic carbocycles. The highest BCUT2D eigenvalue weighted by Crippen LogP contribution is 2.55. The Morgan fingerprint density at radius 3 is 1.14 bits per heavy atom. The van der Waals surface area contributed by atoms with Crippen LogP contribution in [0, 0.1) is 0 Å². The van der Waals surface area contributed by atoms with Gasteiger partial charge in [-0.25, -0.2) is 0 Å². The van der Waals surface area contributed by atoms with Crippen molar-refractivity contribution < 1.29 is 0 Å². The summed E-state index contributed by atoms with van der Waals surface area (Å²) < 4.78 is 8.08. The zero-order valence-electron chi connectivity index (χ0n) is 44.1. The molecule has 0 fully saturated rings. The lowest BCUT2D eigenvalue weighted by molar-refractivity contribution is 0.632. The number of fused-ring (bicyclic) bond motifs is 17. The summed E-state index contributed by atoms with van der Waals surface area (Å²) in [7, 11) is 0. The molecule has 3 aromatic heterocycles. The fraction of sp³-hybridized carbons (Fsp3) is 0.0833. The molecule has 5 nitrogen and oxygen atoms in total. The molecule has 0 saturated carbocycles. The van der Waals surface area contributed by atoms with E-state index in [-0.39, 0.29) is 24.3 Å². The van der Waals surface area contributed by atoms with E-state index in [1.54, 1.807) is 0 Å². The van der Waals surface area contributed by atoms with Crippen molar-refractivity contribution in [1.29, 1.82) is 0 Å². The van der Waals surface area contributed by atoms with Crippen molar-refractivity contribution in [1.82, 2.24) is 13.7 Å². The number of anilines is 6. The molecule has 79 heavy (non-hydrogen) atoms. The minimum atomic E-state index is -0.189. The summed E-state index contributed by atoms with van der Waals surface area (Å²) in [6, 6.07) is 82.1. The zero-order valence-corrected chi connectivity index (χ0v) is 44.1. The number of hydrogen-bond acceptors (Lipinski definition) is 2. The Bertz CT molecular complexity index is 5160. The van der Waals surface area contributed by atoms with Gasteiger partial charge in [0.1, 0.15) is 0 Å². The highest BCUT2D eigenvalue weighted by molar-refractivity contribution is 7.04. The maximum absolute atomic E-state index is 2.76. The molecule has 0 bridgehead atoms. The highest BCUT2D eigenvalue weighted by atomic mass is 15.2. The van der Waals surface area contributed by atoms with Crippen molar-refractivity contribution in [2.45, 2.75) is 38.5 Å². The van der Waals surface area contributed by atoms with Gasteiger partial charge in [0.2, 0.25) is 0 Å². The SMILES string of the molecule is CC1(C)c2ccccc2N(c2cc3c4c(c2)c2ccccc2n4-c2cc4c5c6c2B3c2cc(N3c7ccccc7C(C)(C)c7ccccc73)cc3c7cccc(c7n-6c23)B5c2cccc3c5ccccc5n-4c23)c2ccccc21. The summed E-state index contributed by atoms with van der Waals surface area (Å²) in [5, 5.41) is 7.77. The average molecular weight is 1000 g/mol. The van der Waals surface area contributed by atoms with Gasteiger partial charge in [0.05, 0.1) is 33.8 Å². The van der Waals surface area contributed by atoms with E-state index in [2.05, 4.69) is 264 Å². The minimum absolute atomic E-state index is 0.0277. The maximum atomic E-state index is 2.76. The van der Waals surface area contributed by atoms with E-state index in [1.807, 2.05) is 0 Å². The minimum Gasteiger partial charge on any atom is -0.311 e. The monoisotopic (exact) mass is 1000 g/mol. The first kappa shape index (κ1) is 41.7. The van der Waals surface area contributed by atoms with Crippen LogP contribution in [0.5, 0.6) is 0 Å². The van der Waals surface area contributed by atoms with E-state index >= 15 is 0 Å². The number of hydrogen-bond donors (Lipinski definition) is 0. The molecule has 0 amide bonds. The average Bonchev–Trinajstić information content (AvgIpc) is 4.09. The van der Waals surface area contributed by atoms with E-state index in [9.17, 15) is 0 Å². The molecular formula is C72H47B2N5. The summed E-state index contributed by atoms with van der Waals surface area (Å²) in [5.41, 5.74) is 32.2. The Kier molecular flexibility index (Phi) is 7.19. The van der Waals surface area contributed by atoms with Crippen LogP contribution < -0.4 is 42.6 Å². The number of benzene rings is 11.